The Kier molecular flexibility index (Phi) is 5.52. The minimum absolute atomic E-state index is 0.472. The van der Waals surface area contributed by atoms with Gasteiger partial charge in [-0.3, -0.25) is 9.88 Å². The summed E-state index contributed by atoms with van der Waals surface area (Å²) in [6, 6.07) is 3.57. The lowest BCUT2D eigenvalue weighted by molar-refractivity contribution is 0.253. The van der Waals surface area contributed by atoms with Gasteiger partial charge in [-0.15, -0.1) is 4.72 Å². The Morgan fingerprint density at radius 1 is 1.36 bits per heavy atom. The minimum atomic E-state index is -1.03. The van der Waals surface area contributed by atoms with Crippen molar-refractivity contribution >= 4 is 23.2 Å². The molecule has 3 N–H and O–H groups in total. The van der Waals surface area contributed by atoms with Crippen molar-refractivity contribution in [3.05, 3.63) is 41.9 Å². The Hall–Kier alpha value is -2.16. The van der Waals surface area contributed by atoms with Gasteiger partial charge in [-0.2, -0.15) is 0 Å². The van der Waals surface area contributed by atoms with Crippen molar-refractivity contribution < 1.29 is 9.35 Å². The summed E-state index contributed by atoms with van der Waals surface area (Å²) in [4.78, 5) is 21.8. The Balaban J connectivity index is 1.84. The lowest BCUT2D eigenvalue weighted by Gasteiger charge is -2.26. The molecule has 0 spiro atoms. The van der Waals surface area contributed by atoms with Crippen LogP contribution < -0.4 is 15.4 Å². The molecule has 0 aromatic carbocycles. The lowest BCUT2D eigenvalue weighted by Crippen LogP contribution is -2.40. The van der Waals surface area contributed by atoms with E-state index in [0.29, 0.717) is 24.7 Å². The zero-order valence-electron chi connectivity index (χ0n) is 14.1. The molecule has 0 bridgehead atoms. The maximum atomic E-state index is 11.5. The molecule has 1 atom stereocenters. The van der Waals surface area contributed by atoms with Crippen LogP contribution in [0.15, 0.2) is 30.7 Å². The van der Waals surface area contributed by atoms with Gasteiger partial charge in [-0.1, -0.05) is 0 Å². The summed E-state index contributed by atoms with van der Waals surface area (Å²) in [5, 5.41) is 0. The number of nitrogens with one attached hydrogen (secondary N) is 1. The highest BCUT2D eigenvalue weighted by atomic mass is 32.2. The average molecular weight is 359 g/mol. The minimum Gasteiger partial charge on any atom is -0.598 e. The number of hydrogen-bond donors (Lipinski definition) is 2. The number of primary amides is 1. The van der Waals surface area contributed by atoms with Gasteiger partial charge in [0.1, 0.15) is 11.6 Å². The van der Waals surface area contributed by atoms with E-state index in [9.17, 15) is 9.35 Å². The first-order valence-corrected chi connectivity index (χ1v) is 9.52. The predicted octanol–water partition coefficient (Wildman–Crippen LogP) is 1.75. The van der Waals surface area contributed by atoms with Crippen LogP contribution in [0.1, 0.15) is 24.5 Å². The maximum absolute atomic E-state index is 11.5. The molecule has 8 heteroatoms. The van der Waals surface area contributed by atoms with Gasteiger partial charge in [0.2, 0.25) is 0 Å². The lowest BCUT2D eigenvalue weighted by atomic mass is 10.0. The zero-order chi connectivity index (χ0) is 17.8. The number of hydrogen-bond acceptors (Lipinski definition) is 5. The van der Waals surface area contributed by atoms with Crippen molar-refractivity contribution in [1.82, 2.24) is 14.7 Å². The van der Waals surface area contributed by atoms with Gasteiger partial charge < -0.3 is 10.3 Å². The normalized spacial score (nSPS) is 14.9. The van der Waals surface area contributed by atoms with E-state index in [4.69, 9.17) is 5.73 Å². The molecular formula is C17H21N5O2S. The van der Waals surface area contributed by atoms with Gasteiger partial charge in [0.05, 0.1) is 6.54 Å². The first-order chi connectivity index (χ1) is 12.1. The molecule has 132 valence electrons. The van der Waals surface area contributed by atoms with E-state index < -0.39 is 17.4 Å². The first-order valence-electron chi connectivity index (χ1n) is 8.20. The van der Waals surface area contributed by atoms with E-state index in [1.54, 1.807) is 18.6 Å². The molecule has 2 aromatic heterocycles. The van der Waals surface area contributed by atoms with Crippen LogP contribution in [0.25, 0.3) is 11.1 Å². The van der Waals surface area contributed by atoms with Crippen LogP contribution in [0, 0.1) is 0 Å². The second-order valence-electron chi connectivity index (χ2n) is 5.84. The van der Waals surface area contributed by atoms with Gasteiger partial charge in [0.15, 0.2) is 0 Å². The predicted molar refractivity (Wildman–Crippen MR) is 98.2 cm³/mol. The number of amides is 2. The number of aromatic nitrogens is 2. The highest BCUT2D eigenvalue weighted by molar-refractivity contribution is 7.89. The van der Waals surface area contributed by atoms with Crippen molar-refractivity contribution in [3.63, 3.8) is 0 Å². The number of pyridine rings is 2. The molecular weight excluding hydrogens is 338 g/mol. The van der Waals surface area contributed by atoms with Crippen molar-refractivity contribution in [2.45, 2.75) is 26.3 Å². The summed E-state index contributed by atoms with van der Waals surface area (Å²) in [6.45, 7) is 2.97. The number of nitrogens with two attached hydrogens (primary N) is 1. The van der Waals surface area contributed by atoms with Crippen molar-refractivity contribution in [3.8, 4) is 11.1 Å². The monoisotopic (exact) mass is 359 g/mol. The van der Waals surface area contributed by atoms with Crippen molar-refractivity contribution in [2.24, 2.45) is 5.73 Å². The third kappa shape index (κ3) is 4.09. The molecule has 1 aliphatic heterocycles. The highest BCUT2D eigenvalue weighted by Crippen LogP contribution is 2.29. The molecule has 0 radical (unpaired) electrons. The number of carbonyl (C=O) groups excluding carboxylic acids is 1. The number of aryl methyl sites for hydroxylation is 1. The first kappa shape index (κ1) is 17.7. The summed E-state index contributed by atoms with van der Waals surface area (Å²) in [7, 11) is 0. The van der Waals surface area contributed by atoms with Gasteiger partial charge in [-0.25, -0.2) is 9.78 Å². The number of urea groups is 1. The van der Waals surface area contributed by atoms with E-state index in [1.807, 2.05) is 19.1 Å². The van der Waals surface area contributed by atoms with Gasteiger partial charge in [-0.05, 0) is 43.0 Å². The van der Waals surface area contributed by atoms with Crippen LogP contribution in [0.4, 0.5) is 10.6 Å². The molecule has 0 saturated carbocycles. The molecule has 7 nitrogen and oxygen atoms in total. The third-order valence-electron chi connectivity index (χ3n) is 4.12. The fourth-order valence-corrected chi connectivity index (χ4v) is 3.38. The third-order valence-corrected chi connectivity index (χ3v) is 5.11. The van der Waals surface area contributed by atoms with E-state index in [0.717, 1.165) is 35.1 Å². The van der Waals surface area contributed by atoms with E-state index in [1.165, 1.54) is 4.90 Å². The summed E-state index contributed by atoms with van der Waals surface area (Å²) in [5.41, 5.74) is 9.27. The van der Waals surface area contributed by atoms with Crippen LogP contribution in [0.5, 0.6) is 0 Å². The fraction of sp³-hybridized carbons (Fsp3) is 0.353. The maximum Gasteiger partial charge on any atom is 0.320 e. The number of anilines is 1. The topological polar surface area (TPSA) is 107 Å². The Morgan fingerprint density at radius 2 is 2.16 bits per heavy atom. The van der Waals surface area contributed by atoms with E-state index in [-0.39, 0.29) is 0 Å². The second kappa shape index (κ2) is 7.81. The Morgan fingerprint density at radius 3 is 2.92 bits per heavy atom. The zero-order valence-corrected chi connectivity index (χ0v) is 14.9. The van der Waals surface area contributed by atoms with E-state index >= 15 is 0 Å². The van der Waals surface area contributed by atoms with Crippen molar-refractivity contribution in [2.75, 3.05) is 17.2 Å². The Labute approximate surface area is 150 Å². The molecule has 3 heterocycles. The van der Waals surface area contributed by atoms with Crippen LogP contribution in [-0.4, -0.2) is 32.8 Å². The van der Waals surface area contributed by atoms with Gasteiger partial charge >= 0.3 is 6.03 Å². The number of nitrogens with zero attached hydrogens (tertiary/aromatic N) is 3. The molecule has 25 heavy (non-hydrogen) atoms. The summed E-state index contributed by atoms with van der Waals surface area (Å²) in [5.74, 6) is 1.21. The molecule has 1 unspecified atom stereocenters. The summed E-state index contributed by atoms with van der Waals surface area (Å²) >= 11 is -1.03. The molecule has 2 amide bonds. The van der Waals surface area contributed by atoms with Gasteiger partial charge in [0, 0.05) is 47.6 Å². The van der Waals surface area contributed by atoms with Crippen LogP contribution in [0.2, 0.25) is 0 Å². The summed E-state index contributed by atoms with van der Waals surface area (Å²) < 4.78 is 14.5. The molecule has 0 aliphatic carbocycles. The number of rotatable bonds is 5. The fourth-order valence-electron chi connectivity index (χ4n) is 2.84. The number of carbonyl (C=O) groups is 1. The largest absolute Gasteiger partial charge is 0.598 e. The molecule has 2 aromatic rings. The number of fused-ring (bicyclic) bond motifs is 1. The summed E-state index contributed by atoms with van der Waals surface area (Å²) in [6.07, 6.45) is 7.00. The molecule has 3 rings (SSSR count). The quantitative estimate of drug-likeness (QED) is 0.791. The highest BCUT2D eigenvalue weighted by Gasteiger charge is 2.22. The standard InChI is InChI=1S/C17H21N5O2S/c1-2-25(24)21-9-12-6-14(10-19-8-12)15-7-13-4-3-5-22(17(18)23)16(13)20-11-15/h6-8,10-11,21H,2-5,9H2,1H3,(H2,18,23). The Bertz CT molecular complexity index is 770. The van der Waals surface area contributed by atoms with Crippen LogP contribution in [-0.2, 0) is 24.3 Å². The SMILES string of the molecule is CC[S+]([O-])NCc1cncc(-c2cnc3c(c2)CCCN3C(N)=O)c1. The molecule has 0 fully saturated rings. The average Bonchev–Trinajstić information content (AvgIpc) is 2.65. The van der Waals surface area contributed by atoms with Crippen LogP contribution in [0.3, 0.4) is 0 Å². The smallest absolute Gasteiger partial charge is 0.320 e. The molecule has 0 saturated heterocycles. The molecule has 1 aliphatic rings. The second-order valence-corrected chi connectivity index (χ2v) is 7.39. The van der Waals surface area contributed by atoms with E-state index in [2.05, 4.69) is 14.7 Å². The van der Waals surface area contributed by atoms with Crippen molar-refractivity contribution in [1.29, 1.82) is 0 Å². The van der Waals surface area contributed by atoms with Crippen LogP contribution >= 0.6 is 0 Å². The van der Waals surface area contributed by atoms with Gasteiger partial charge in [0.25, 0.3) is 0 Å².